The molecule has 0 unspecified atom stereocenters. The number of imide groups is 1. The molecule has 0 radical (unpaired) electrons. The Morgan fingerprint density at radius 2 is 1.49 bits per heavy atom. The Morgan fingerprint density at radius 3 is 2.08 bits per heavy atom. The van der Waals surface area contributed by atoms with Crippen molar-refractivity contribution in [1.29, 1.82) is 0 Å². The molecular formula is C35H51N7O9. The number of carbonyl (C=O) groups excluding carboxylic acids is 8. The molecule has 280 valence electrons. The number of nitrogens with zero attached hydrogens (tertiary/aromatic N) is 1. The van der Waals surface area contributed by atoms with Gasteiger partial charge in [0.15, 0.2) is 5.78 Å². The van der Waals surface area contributed by atoms with Crippen LogP contribution in [0.5, 0.6) is 0 Å². The first kappa shape index (κ1) is 41.9. The van der Waals surface area contributed by atoms with Crippen LogP contribution in [0.3, 0.4) is 0 Å². The zero-order valence-corrected chi connectivity index (χ0v) is 30.0. The molecule has 1 aliphatic rings. The van der Waals surface area contributed by atoms with Crippen molar-refractivity contribution in [2.45, 2.75) is 91.8 Å². The van der Waals surface area contributed by atoms with Gasteiger partial charge in [0.1, 0.15) is 18.7 Å². The summed E-state index contributed by atoms with van der Waals surface area (Å²) in [5.41, 5.74) is 5.57. The number of amides is 8. The van der Waals surface area contributed by atoms with E-state index in [9.17, 15) is 38.4 Å². The zero-order valence-electron chi connectivity index (χ0n) is 30.0. The van der Waals surface area contributed by atoms with Gasteiger partial charge in [-0.15, -0.1) is 0 Å². The number of urea groups is 1. The van der Waals surface area contributed by atoms with Gasteiger partial charge < -0.3 is 37.1 Å². The fourth-order valence-corrected chi connectivity index (χ4v) is 4.74. The second-order valence-electron chi connectivity index (χ2n) is 13.5. The molecule has 8 amide bonds. The van der Waals surface area contributed by atoms with E-state index in [1.54, 1.807) is 58.9 Å². The lowest BCUT2D eigenvalue weighted by atomic mass is 9.91. The molecule has 0 saturated carbocycles. The number of nitrogens with two attached hydrogens (primary N) is 1. The fraction of sp³-hybridized carbons (Fsp3) is 0.543. The Balaban J connectivity index is 1.93. The van der Waals surface area contributed by atoms with Crippen molar-refractivity contribution in [3.8, 4) is 0 Å². The van der Waals surface area contributed by atoms with Crippen LogP contribution in [0.25, 0.3) is 0 Å². The van der Waals surface area contributed by atoms with Crippen molar-refractivity contribution in [2.24, 2.45) is 17.1 Å². The Morgan fingerprint density at radius 1 is 0.843 bits per heavy atom. The summed E-state index contributed by atoms with van der Waals surface area (Å²) in [5, 5.41) is 13.1. The molecule has 16 heteroatoms. The monoisotopic (exact) mass is 713 g/mol. The van der Waals surface area contributed by atoms with Crippen molar-refractivity contribution >= 4 is 53.1 Å². The van der Waals surface area contributed by atoms with E-state index in [2.05, 4.69) is 26.6 Å². The molecule has 16 nitrogen and oxygen atoms in total. The quantitative estimate of drug-likeness (QED) is 0.0855. The van der Waals surface area contributed by atoms with Gasteiger partial charge in [0.25, 0.3) is 11.8 Å². The highest BCUT2D eigenvalue weighted by atomic mass is 16.5. The van der Waals surface area contributed by atoms with Gasteiger partial charge in [-0.3, -0.25) is 33.7 Å². The summed E-state index contributed by atoms with van der Waals surface area (Å²) in [7, 11) is 0. The average molecular weight is 714 g/mol. The molecule has 2 atom stereocenters. The molecule has 0 saturated heterocycles. The van der Waals surface area contributed by atoms with Crippen LogP contribution in [0.2, 0.25) is 0 Å². The molecule has 0 fully saturated rings. The van der Waals surface area contributed by atoms with Crippen LogP contribution in [0.15, 0.2) is 36.4 Å². The Hall–Kier alpha value is -5.28. The van der Waals surface area contributed by atoms with E-state index in [1.165, 1.54) is 12.2 Å². The SMILES string of the molecule is CC(C)[C@H](NC(=O)CCCCCN1C(=O)C=CC1=O)C(=O)N[C@@H](CCCNC(N)=O)C(=O)Nc1ccc(COC(=O)NCC(=O)C(C)(C)C)cc1. The van der Waals surface area contributed by atoms with Gasteiger partial charge in [0.05, 0.1) is 6.54 Å². The van der Waals surface area contributed by atoms with E-state index >= 15 is 0 Å². The molecule has 0 bridgehead atoms. The van der Waals surface area contributed by atoms with Gasteiger partial charge in [-0.05, 0) is 49.3 Å². The minimum atomic E-state index is -1.03. The number of rotatable bonds is 20. The number of alkyl carbamates (subject to hydrolysis) is 1. The number of benzene rings is 1. The van der Waals surface area contributed by atoms with Crippen molar-refractivity contribution < 1.29 is 43.1 Å². The summed E-state index contributed by atoms with van der Waals surface area (Å²) in [6.07, 6.45) is 3.90. The third kappa shape index (κ3) is 15.4. The summed E-state index contributed by atoms with van der Waals surface area (Å²) in [6.45, 7) is 8.98. The maximum absolute atomic E-state index is 13.4. The van der Waals surface area contributed by atoms with Crippen LogP contribution in [0.1, 0.15) is 78.7 Å². The Kier molecular flexibility index (Phi) is 16.8. The van der Waals surface area contributed by atoms with Crippen molar-refractivity contribution in [2.75, 3.05) is 25.0 Å². The number of nitrogens with one attached hydrogen (secondary N) is 5. The first-order valence-corrected chi connectivity index (χ1v) is 17.0. The standard InChI is InChI=1S/C35H51N7O9/c1-22(2)30(41-27(44)11-7-6-8-19-42-28(45)16-17-29(42)46)32(48)40-25(10-9-18-37-33(36)49)31(47)39-24-14-12-23(13-15-24)21-51-34(50)38-20-26(43)35(3,4)5/h12-17,22,25,30H,6-11,18-21H2,1-5H3,(H,38,50)(H,39,47)(H,40,48)(H,41,44)(H3,36,37,49)/t25-,30-/m0/s1. The van der Waals surface area contributed by atoms with Gasteiger partial charge in [-0.2, -0.15) is 0 Å². The number of anilines is 1. The van der Waals surface area contributed by atoms with Gasteiger partial charge in [-0.1, -0.05) is 53.2 Å². The molecule has 1 heterocycles. The summed E-state index contributed by atoms with van der Waals surface area (Å²) in [6, 6.07) is 3.78. The average Bonchev–Trinajstić information content (AvgIpc) is 3.38. The summed E-state index contributed by atoms with van der Waals surface area (Å²) < 4.78 is 5.16. The lowest BCUT2D eigenvalue weighted by molar-refractivity contribution is -0.137. The number of unbranched alkanes of at least 4 members (excludes halogenated alkanes) is 2. The normalized spacial score (nSPS) is 13.7. The lowest BCUT2D eigenvalue weighted by Gasteiger charge is -2.25. The van der Waals surface area contributed by atoms with Crippen LogP contribution in [0.4, 0.5) is 15.3 Å². The zero-order chi connectivity index (χ0) is 38.1. The van der Waals surface area contributed by atoms with Gasteiger partial charge >= 0.3 is 12.1 Å². The van der Waals surface area contributed by atoms with Crippen molar-refractivity contribution in [3.63, 3.8) is 0 Å². The van der Waals surface area contributed by atoms with Gasteiger partial charge in [0.2, 0.25) is 17.7 Å². The second-order valence-corrected chi connectivity index (χ2v) is 13.5. The van der Waals surface area contributed by atoms with Crippen LogP contribution in [-0.2, 0) is 40.1 Å². The number of hydrogen-bond acceptors (Lipinski definition) is 9. The number of primary amides is 1. The maximum atomic E-state index is 13.4. The van der Waals surface area contributed by atoms with E-state index in [4.69, 9.17) is 10.5 Å². The first-order valence-electron chi connectivity index (χ1n) is 17.0. The predicted molar refractivity (Wildman–Crippen MR) is 188 cm³/mol. The van der Waals surface area contributed by atoms with Crippen LogP contribution in [-0.4, -0.2) is 84.1 Å². The van der Waals surface area contributed by atoms with Crippen molar-refractivity contribution in [1.82, 2.24) is 26.2 Å². The molecule has 1 aromatic carbocycles. The van der Waals surface area contributed by atoms with E-state index < -0.39 is 41.4 Å². The van der Waals surface area contributed by atoms with Gasteiger partial charge in [-0.25, -0.2) is 9.59 Å². The van der Waals surface area contributed by atoms with E-state index in [0.29, 0.717) is 36.9 Å². The lowest BCUT2D eigenvalue weighted by Crippen LogP contribution is -2.54. The molecule has 7 N–H and O–H groups in total. The van der Waals surface area contributed by atoms with E-state index in [-0.39, 0.29) is 68.5 Å². The molecular weight excluding hydrogens is 662 g/mol. The number of carbonyl (C=O) groups is 8. The molecule has 2 rings (SSSR count). The molecule has 51 heavy (non-hydrogen) atoms. The highest BCUT2D eigenvalue weighted by Gasteiger charge is 2.29. The topological polar surface area (TPSA) is 235 Å². The highest BCUT2D eigenvalue weighted by molar-refractivity contribution is 6.12. The highest BCUT2D eigenvalue weighted by Crippen LogP contribution is 2.15. The summed E-state index contributed by atoms with van der Waals surface area (Å²) in [4.78, 5) is 99.0. The molecule has 1 aliphatic heterocycles. The number of ketones is 1. The third-order valence-electron chi connectivity index (χ3n) is 7.87. The molecule has 0 aromatic heterocycles. The Labute approximate surface area is 298 Å². The Bertz CT molecular complexity index is 1430. The number of hydrogen-bond donors (Lipinski definition) is 6. The van der Waals surface area contributed by atoms with E-state index in [0.717, 1.165) is 4.90 Å². The first-order chi connectivity index (χ1) is 24.0. The van der Waals surface area contributed by atoms with Crippen LogP contribution < -0.4 is 32.3 Å². The van der Waals surface area contributed by atoms with Crippen LogP contribution >= 0.6 is 0 Å². The summed E-state index contributed by atoms with van der Waals surface area (Å²) >= 11 is 0. The largest absolute Gasteiger partial charge is 0.445 e. The van der Waals surface area contributed by atoms with E-state index in [1.807, 2.05) is 0 Å². The smallest absolute Gasteiger partial charge is 0.407 e. The molecule has 0 spiro atoms. The predicted octanol–water partition coefficient (Wildman–Crippen LogP) is 2.03. The number of Topliss-reactive ketones (excluding diaryl/α,β-unsaturated/α-hetero) is 1. The molecule has 1 aromatic rings. The summed E-state index contributed by atoms with van der Waals surface area (Å²) in [5.74, 6) is -2.61. The molecule has 0 aliphatic carbocycles. The maximum Gasteiger partial charge on any atom is 0.407 e. The third-order valence-corrected chi connectivity index (χ3v) is 7.87. The number of ether oxygens (including phenoxy) is 1. The minimum Gasteiger partial charge on any atom is -0.445 e. The van der Waals surface area contributed by atoms with Crippen molar-refractivity contribution in [3.05, 3.63) is 42.0 Å². The minimum absolute atomic E-state index is 0.0735. The van der Waals surface area contributed by atoms with Gasteiger partial charge in [0, 0.05) is 42.8 Å². The van der Waals surface area contributed by atoms with Crippen LogP contribution in [0, 0.1) is 11.3 Å². The fourth-order valence-electron chi connectivity index (χ4n) is 4.74. The second kappa shape index (κ2) is 20.4.